The average molecular weight is 263 g/mol. The van der Waals surface area contributed by atoms with Gasteiger partial charge in [-0.25, -0.2) is 4.79 Å². The van der Waals surface area contributed by atoms with Crippen LogP contribution in [0, 0.1) is 0 Å². The number of carbonyl (C=O) groups is 2. The molecule has 0 aliphatic heterocycles. The highest BCUT2D eigenvalue weighted by Crippen LogP contribution is 2.06. The van der Waals surface area contributed by atoms with Gasteiger partial charge in [-0.1, -0.05) is 13.3 Å². The van der Waals surface area contributed by atoms with Crippen molar-refractivity contribution in [2.24, 2.45) is 0 Å². The van der Waals surface area contributed by atoms with E-state index < -0.39 is 11.6 Å². The fourth-order valence-electron chi connectivity index (χ4n) is 0.948. The number of unbranched alkanes of at least 4 members (excludes halogenated alkanes) is 1. The topological polar surface area (TPSA) is 86.6 Å². The van der Waals surface area contributed by atoms with Crippen LogP contribution in [-0.4, -0.2) is 45.7 Å². The maximum absolute atomic E-state index is 11.3. The molecule has 5 nitrogen and oxygen atoms in total. The maximum atomic E-state index is 11.3. The second-order valence-corrected chi connectivity index (χ2v) is 5.30. The molecule has 0 rings (SSSR count). The van der Waals surface area contributed by atoms with Gasteiger partial charge in [-0.3, -0.25) is 4.79 Å². The molecule has 0 aliphatic carbocycles. The molecular formula is C11H21NO4S. The van der Waals surface area contributed by atoms with Crippen molar-refractivity contribution >= 4 is 23.6 Å². The zero-order valence-corrected chi connectivity index (χ0v) is 11.2. The van der Waals surface area contributed by atoms with E-state index in [1.165, 1.54) is 0 Å². The summed E-state index contributed by atoms with van der Waals surface area (Å²) in [5, 5.41) is 20.4. The average Bonchev–Trinajstić information content (AvgIpc) is 2.26. The van der Waals surface area contributed by atoms with E-state index in [2.05, 4.69) is 12.2 Å². The number of carboxylic acids is 1. The lowest BCUT2D eigenvalue weighted by molar-refractivity contribution is -0.156. The summed E-state index contributed by atoms with van der Waals surface area (Å²) in [5.41, 5.74) is -1.90. The van der Waals surface area contributed by atoms with Gasteiger partial charge in [0.05, 0.1) is 6.54 Å². The molecular weight excluding hydrogens is 242 g/mol. The number of hydrogen-bond donors (Lipinski definition) is 3. The molecule has 0 saturated heterocycles. The zero-order valence-electron chi connectivity index (χ0n) is 10.4. The Balaban J connectivity index is 3.63. The van der Waals surface area contributed by atoms with Crippen molar-refractivity contribution in [3.05, 3.63) is 0 Å². The van der Waals surface area contributed by atoms with Crippen LogP contribution in [0.2, 0.25) is 0 Å². The van der Waals surface area contributed by atoms with Crippen molar-refractivity contribution in [2.75, 3.05) is 18.1 Å². The minimum atomic E-state index is -1.90. The molecule has 0 aromatic rings. The fourth-order valence-corrected chi connectivity index (χ4v) is 1.97. The van der Waals surface area contributed by atoms with Crippen LogP contribution in [0.1, 0.15) is 33.1 Å². The highest BCUT2D eigenvalue weighted by Gasteiger charge is 2.29. The molecule has 0 bridgehead atoms. The maximum Gasteiger partial charge on any atom is 0.337 e. The van der Waals surface area contributed by atoms with Crippen LogP contribution in [0.15, 0.2) is 0 Å². The summed E-state index contributed by atoms with van der Waals surface area (Å²) in [6.07, 6.45) is 2.63. The summed E-state index contributed by atoms with van der Waals surface area (Å²) >= 11 is 1.71. The fraction of sp³-hybridized carbons (Fsp3) is 0.818. The lowest BCUT2D eigenvalue weighted by atomic mass is 10.1. The van der Waals surface area contributed by atoms with Crippen molar-refractivity contribution < 1.29 is 19.8 Å². The first kappa shape index (κ1) is 16.2. The predicted octanol–water partition coefficient (Wildman–Crippen LogP) is 0.862. The van der Waals surface area contributed by atoms with Crippen molar-refractivity contribution in [1.82, 2.24) is 5.32 Å². The summed E-state index contributed by atoms with van der Waals surface area (Å²) in [6.45, 7) is 3.01. The molecule has 100 valence electrons. The van der Waals surface area contributed by atoms with E-state index in [1.807, 2.05) is 0 Å². The van der Waals surface area contributed by atoms with E-state index in [0.717, 1.165) is 31.3 Å². The lowest BCUT2D eigenvalue weighted by Gasteiger charge is -2.18. The molecule has 0 fully saturated rings. The quantitative estimate of drug-likeness (QED) is 0.537. The van der Waals surface area contributed by atoms with Crippen LogP contribution >= 0.6 is 11.8 Å². The summed E-state index contributed by atoms with van der Waals surface area (Å²) in [5.74, 6) is 0.197. The van der Waals surface area contributed by atoms with Crippen LogP contribution in [0.3, 0.4) is 0 Å². The van der Waals surface area contributed by atoms with Gasteiger partial charge in [0.15, 0.2) is 5.60 Å². The summed E-state index contributed by atoms with van der Waals surface area (Å²) in [6, 6.07) is 0. The van der Waals surface area contributed by atoms with E-state index in [9.17, 15) is 14.7 Å². The second-order valence-electron chi connectivity index (χ2n) is 4.07. The normalized spacial score (nSPS) is 14.1. The number of hydrogen-bond acceptors (Lipinski definition) is 4. The lowest BCUT2D eigenvalue weighted by Crippen LogP contribution is -2.46. The van der Waals surface area contributed by atoms with Crippen molar-refractivity contribution in [1.29, 1.82) is 0 Å². The van der Waals surface area contributed by atoms with E-state index in [0.29, 0.717) is 6.42 Å². The Kier molecular flexibility index (Phi) is 7.99. The third kappa shape index (κ3) is 8.04. The summed E-state index contributed by atoms with van der Waals surface area (Å²) < 4.78 is 0. The molecule has 0 heterocycles. The molecule has 0 spiro atoms. The van der Waals surface area contributed by atoms with Gasteiger partial charge >= 0.3 is 5.97 Å². The van der Waals surface area contributed by atoms with Gasteiger partial charge in [0.2, 0.25) is 5.91 Å². The summed E-state index contributed by atoms with van der Waals surface area (Å²) in [4.78, 5) is 21.9. The van der Waals surface area contributed by atoms with Crippen molar-refractivity contribution in [3.8, 4) is 0 Å². The molecule has 0 saturated carbocycles. The van der Waals surface area contributed by atoms with Crippen LogP contribution < -0.4 is 5.32 Å². The monoisotopic (exact) mass is 263 g/mol. The van der Waals surface area contributed by atoms with Gasteiger partial charge in [0.1, 0.15) is 0 Å². The van der Waals surface area contributed by atoms with Gasteiger partial charge in [0.25, 0.3) is 0 Å². The Labute approximate surface area is 106 Å². The number of aliphatic hydroxyl groups is 1. The van der Waals surface area contributed by atoms with Gasteiger partial charge in [0, 0.05) is 12.2 Å². The predicted molar refractivity (Wildman–Crippen MR) is 68.1 cm³/mol. The molecule has 17 heavy (non-hydrogen) atoms. The second kappa shape index (κ2) is 8.36. The Morgan fingerprint density at radius 2 is 2.00 bits per heavy atom. The van der Waals surface area contributed by atoms with Crippen LogP contribution in [0.4, 0.5) is 0 Å². The minimum Gasteiger partial charge on any atom is -0.479 e. The number of rotatable bonds is 9. The Morgan fingerprint density at radius 1 is 1.35 bits per heavy atom. The smallest absolute Gasteiger partial charge is 0.337 e. The molecule has 3 N–H and O–H groups in total. The molecule has 0 aromatic carbocycles. The first-order valence-corrected chi connectivity index (χ1v) is 6.86. The summed E-state index contributed by atoms with van der Waals surface area (Å²) in [7, 11) is 0. The number of aliphatic carboxylic acids is 1. The first-order valence-electron chi connectivity index (χ1n) is 5.70. The third-order valence-electron chi connectivity index (χ3n) is 2.21. The molecule has 0 radical (unpaired) electrons. The van der Waals surface area contributed by atoms with E-state index in [1.54, 1.807) is 11.8 Å². The standard InChI is InChI=1S/C11H21NO4S/c1-3-4-6-17-7-5-9(13)12-8-11(2,16)10(14)15/h16H,3-8H2,1-2H3,(H,12,13)(H,14,15). The van der Waals surface area contributed by atoms with Gasteiger partial charge in [-0.15, -0.1) is 0 Å². The molecule has 0 aromatic heterocycles. The Bertz CT molecular complexity index is 256. The number of carbonyl (C=O) groups excluding carboxylic acids is 1. The van der Waals surface area contributed by atoms with Crippen molar-refractivity contribution in [3.63, 3.8) is 0 Å². The van der Waals surface area contributed by atoms with Gasteiger partial charge in [-0.05, 0) is 19.1 Å². The number of nitrogens with one attached hydrogen (secondary N) is 1. The molecule has 1 amide bonds. The van der Waals surface area contributed by atoms with E-state index >= 15 is 0 Å². The van der Waals surface area contributed by atoms with E-state index in [-0.39, 0.29) is 12.5 Å². The number of amides is 1. The number of thioether (sulfide) groups is 1. The molecule has 1 atom stereocenters. The molecule has 6 heteroatoms. The molecule has 1 unspecified atom stereocenters. The van der Waals surface area contributed by atoms with E-state index in [4.69, 9.17) is 5.11 Å². The SMILES string of the molecule is CCCCSCCC(=O)NCC(C)(O)C(=O)O. The van der Waals surface area contributed by atoms with Crippen LogP contribution in [0.5, 0.6) is 0 Å². The zero-order chi connectivity index (χ0) is 13.3. The van der Waals surface area contributed by atoms with Crippen LogP contribution in [-0.2, 0) is 9.59 Å². The van der Waals surface area contributed by atoms with Gasteiger partial charge < -0.3 is 15.5 Å². The van der Waals surface area contributed by atoms with Gasteiger partial charge in [-0.2, -0.15) is 11.8 Å². The molecule has 0 aliphatic rings. The van der Waals surface area contributed by atoms with Crippen molar-refractivity contribution in [2.45, 2.75) is 38.7 Å². The third-order valence-corrected chi connectivity index (χ3v) is 3.28. The minimum absolute atomic E-state index is 0.226. The van der Waals surface area contributed by atoms with Crippen LogP contribution in [0.25, 0.3) is 0 Å². The Morgan fingerprint density at radius 3 is 2.53 bits per heavy atom. The largest absolute Gasteiger partial charge is 0.479 e. The number of carboxylic acid groups (broad SMARTS) is 1. The first-order chi connectivity index (χ1) is 7.90. The highest BCUT2D eigenvalue weighted by atomic mass is 32.2. The Hall–Kier alpha value is -0.750. The highest BCUT2D eigenvalue weighted by molar-refractivity contribution is 7.99.